The molecule has 2 fully saturated rings. The number of nitrogens with zero attached hydrogens (tertiary/aromatic N) is 2. The van der Waals surface area contributed by atoms with Crippen molar-refractivity contribution in [1.29, 1.82) is 0 Å². The van der Waals surface area contributed by atoms with Crippen LogP contribution in [0, 0.1) is 0 Å². The Labute approximate surface area is 169 Å². The molecule has 2 saturated heterocycles. The first-order chi connectivity index (χ1) is 13.6. The number of anilines is 2. The van der Waals surface area contributed by atoms with Crippen molar-refractivity contribution in [3.8, 4) is 0 Å². The molecule has 1 aromatic carbocycles. The maximum Gasteiger partial charge on any atom is 0.333 e. The summed E-state index contributed by atoms with van der Waals surface area (Å²) in [4.78, 5) is 39.8. The van der Waals surface area contributed by atoms with Crippen LogP contribution in [0.5, 0.6) is 0 Å². The van der Waals surface area contributed by atoms with Crippen molar-refractivity contribution in [3.05, 3.63) is 35.4 Å². The molecule has 2 aliphatic heterocycles. The minimum atomic E-state index is -0.515. The number of benzene rings is 1. The highest BCUT2D eigenvalue weighted by molar-refractivity contribution is 8.04. The molecule has 0 radical (unpaired) electrons. The molecule has 8 heteroatoms. The summed E-state index contributed by atoms with van der Waals surface area (Å²) in [7, 11) is 0. The van der Waals surface area contributed by atoms with Gasteiger partial charge in [0, 0.05) is 24.5 Å². The molecule has 2 amide bonds. The lowest BCUT2D eigenvalue weighted by Gasteiger charge is -2.28. The number of hydrogen-bond donors (Lipinski definition) is 1. The molecule has 7 nitrogen and oxygen atoms in total. The van der Waals surface area contributed by atoms with Gasteiger partial charge in [-0.2, -0.15) is 0 Å². The van der Waals surface area contributed by atoms with Crippen LogP contribution in [0.3, 0.4) is 0 Å². The van der Waals surface area contributed by atoms with E-state index in [9.17, 15) is 14.4 Å². The van der Waals surface area contributed by atoms with E-state index in [1.165, 1.54) is 42.0 Å². The first-order valence-electron chi connectivity index (χ1n) is 9.53. The zero-order valence-corrected chi connectivity index (χ0v) is 16.8. The van der Waals surface area contributed by atoms with Crippen molar-refractivity contribution >= 4 is 40.9 Å². The van der Waals surface area contributed by atoms with Gasteiger partial charge in [-0.25, -0.2) is 4.79 Å². The number of esters is 1. The van der Waals surface area contributed by atoms with Crippen LogP contribution >= 0.6 is 11.8 Å². The molecule has 2 heterocycles. The van der Waals surface area contributed by atoms with Crippen molar-refractivity contribution in [2.75, 3.05) is 42.2 Å². The molecule has 0 bridgehead atoms. The quantitative estimate of drug-likeness (QED) is 0.581. The van der Waals surface area contributed by atoms with Gasteiger partial charge in [0.1, 0.15) is 6.54 Å². The second-order valence-electron chi connectivity index (χ2n) is 6.65. The van der Waals surface area contributed by atoms with Crippen LogP contribution in [0.1, 0.15) is 26.2 Å². The topological polar surface area (TPSA) is 79.0 Å². The Morgan fingerprint density at radius 2 is 1.89 bits per heavy atom. The first-order valence-corrected chi connectivity index (χ1v) is 10.5. The predicted molar refractivity (Wildman–Crippen MR) is 110 cm³/mol. The van der Waals surface area contributed by atoms with Crippen LogP contribution in [0.4, 0.5) is 11.4 Å². The van der Waals surface area contributed by atoms with Crippen LogP contribution in [-0.2, 0) is 19.1 Å². The van der Waals surface area contributed by atoms with Crippen LogP contribution < -0.4 is 10.2 Å². The molecule has 0 aromatic heterocycles. The maximum atomic E-state index is 12.4. The second kappa shape index (κ2) is 9.64. The fraction of sp³-hybridized carbons (Fsp3) is 0.450. The summed E-state index contributed by atoms with van der Waals surface area (Å²) in [6.45, 7) is 3.97. The Morgan fingerprint density at radius 1 is 1.18 bits per heavy atom. The van der Waals surface area contributed by atoms with Crippen LogP contribution in [0.2, 0.25) is 0 Å². The van der Waals surface area contributed by atoms with Gasteiger partial charge in [0.2, 0.25) is 11.8 Å². The molecule has 0 aliphatic carbocycles. The van der Waals surface area contributed by atoms with Gasteiger partial charge in [0.25, 0.3) is 0 Å². The molecule has 28 heavy (non-hydrogen) atoms. The maximum absolute atomic E-state index is 12.4. The molecule has 0 saturated carbocycles. The number of thioether (sulfide) groups is 1. The number of piperidine rings is 1. The predicted octanol–water partition coefficient (Wildman–Crippen LogP) is 2.60. The molecule has 0 atom stereocenters. The zero-order chi connectivity index (χ0) is 19.9. The summed E-state index contributed by atoms with van der Waals surface area (Å²) in [5.41, 5.74) is 1.84. The number of carbonyl (C=O) groups excluding carboxylic acids is 3. The summed E-state index contributed by atoms with van der Waals surface area (Å²) in [6.07, 6.45) is 4.97. The third-order valence-electron chi connectivity index (χ3n) is 4.61. The Bertz CT molecular complexity index is 757. The minimum Gasteiger partial charge on any atom is -0.463 e. The lowest BCUT2D eigenvalue weighted by Crippen LogP contribution is -2.34. The van der Waals surface area contributed by atoms with Crippen molar-refractivity contribution < 1.29 is 19.1 Å². The van der Waals surface area contributed by atoms with Crippen LogP contribution in [0.15, 0.2) is 35.4 Å². The third-order valence-corrected chi connectivity index (χ3v) is 5.64. The lowest BCUT2D eigenvalue weighted by molar-refractivity contribution is -0.137. The number of carbonyl (C=O) groups is 3. The van der Waals surface area contributed by atoms with Crippen molar-refractivity contribution in [2.24, 2.45) is 0 Å². The summed E-state index contributed by atoms with van der Waals surface area (Å²) >= 11 is 1.23. The Kier molecular flexibility index (Phi) is 6.97. The van der Waals surface area contributed by atoms with Gasteiger partial charge in [-0.05, 0) is 50.5 Å². The molecule has 1 aromatic rings. The molecule has 2 aliphatic rings. The molecular formula is C20H25N3O4S. The fourth-order valence-electron chi connectivity index (χ4n) is 3.24. The van der Waals surface area contributed by atoms with Gasteiger partial charge in [-0.3, -0.25) is 14.5 Å². The molecule has 0 spiro atoms. The van der Waals surface area contributed by atoms with Gasteiger partial charge in [0.15, 0.2) is 0 Å². The van der Waals surface area contributed by atoms with E-state index in [2.05, 4.69) is 10.2 Å². The Balaban J connectivity index is 1.58. The highest BCUT2D eigenvalue weighted by Crippen LogP contribution is 2.28. The van der Waals surface area contributed by atoms with Crippen molar-refractivity contribution in [3.63, 3.8) is 0 Å². The standard InChI is InChI=1S/C20H25N3O4S/c1-2-27-20(26)12-19-23(18(25)14-28-19)13-17(24)21-15-6-8-16(9-7-15)22-10-4-3-5-11-22/h6-9,12H,2-5,10-11,13-14H2,1H3,(H,21,24)/b19-12-. The van der Waals surface area contributed by atoms with Crippen LogP contribution in [0.25, 0.3) is 0 Å². The number of hydrogen-bond acceptors (Lipinski definition) is 6. The SMILES string of the molecule is CCOC(=O)/C=C1\SCC(=O)N1CC(=O)Nc1ccc(N2CCCCC2)cc1. The van der Waals surface area contributed by atoms with Gasteiger partial charge in [-0.1, -0.05) is 11.8 Å². The van der Waals surface area contributed by atoms with E-state index >= 15 is 0 Å². The summed E-state index contributed by atoms with van der Waals surface area (Å²) in [6, 6.07) is 7.75. The molecule has 0 unspecified atom stereocenters. The fourth-order valence-corrected chi connectivity index (χ4v) is 4.17. The zero-order valence-electron chi connectivity index (χ0n) is 16.0. The normalized spacial score (nSPS) is 18.5. The number of nitrogens with one attached hydrogen (secondary N) is 1. The first kappa shape index (κ1) is 20.3. The molecular weight excluding hydrogens is 378 g/mol. The van der Waals surface area contributed by atoms with E-state index in [0.29, 0.717) is 10.7 Å². The molecule has 150 valence electrons. The summed E-state index contributed by atoms with van der Waals surface area (Å²) in [5.74, 6) is -0.811. The number of amides is 2. The Hall–Kier alpha value is -2.48. The Morgan fingerprint density at radius 3 is 2.57 bits per heavy atom. The largest absolute Gasteiger partial charge is 0.463 e. The number of rotatable bonds is 6. The third kappa shape index (κ3) is 5.28. The highest BCUT2D eigenvalue weighted by atomic mass is 32.2. The molecule has 3 rings (SSSR count). The summed E-state index contributed by atoms with van der Waals surface area (Å²) in [5, 5.41) is 3.26. The number of ether oxygens (including phenoxy) is 1. The average molecular weight is 404 g/mol. The van der Waals surface area contributed by atoms with Crippen molar-refractivity contribution in [2.45, 2.75) is 26.2 Å². The van der Waals surface area contributed by atoms with Crippen LogP contribution in [-0.4, -0.2) is 54.7 Å². The monoisotopic (exact) mass is 403 g/mol. The van der Waals surface area contributed by atoms with E-state index in [4.69, 9.17) is 4.74 Å². The van der Waals surface area contributed by atoms with Crippen molar-refractivity contribution in [1.82, 2.24) is 4.90 Å². The van der Waals surface area contributed by atoms with Gasteiger partial charge in [0.05, 0.1) is 23.5 Å². The van der Waals surface area contributed by atoms with E-state index in [1.807, 2.05) is 24.3 Å². The van der Waals surface area contributed by atoms with Gasteiger partial charge in [-0.15, -0.1) is 0 Å². The van der Waals surface area contributed by atoms with Gasteiger partial charge >= 0.3 is 5.97 Å². The molecule has 1 N–H and O–H groups in total. The second-order valence-corrected chi connectivity index (χ2v) is 7.64. The minimum absolute atomic E-state index is 0.134. The summed E-state index contributed by atoms with van der Waals surface area (Å²) < 4.78 is 4.88. The van der Waals surface area contributed by atoms with Gasteiger partial charge < -0.3 is 15.0 Å². The van der Waals surface area contributed by atoms with E-state index in [0.717, 1.165) is 18.8 Å². The highest BCUT2D eigenvalue weighted by Gasteiger charge is 2.29. The smallest absolute Gasteiger partial charge is 0.333 e. The van der Waals surface area contributed by atoms with E-state index in [1.54, 1.807) is 6.92 Å². The van der Waals surface area contributed by atoms with E-state index < -0.39 is 5.97 Å². The van der Waals surface area contributed by atoms with E-state index in [-0.39, 0.29) is 30.7 Å². The average Bonchev–Trinajstić information content (AvgIpc) is 3.03. The lowest BCUT2D eigenvalue weighted by atomic mass is 10.1.